The van der Waals surface area contributed by atoms with Gasteiger partial charge in [-0.05, 0) is 20.8 Å². The van der Waals surface area contributed by atoms with Crippen LogP contribution in [0.15, 0.2) is 0 Å². The fourth-order valence-electron chi connectivity index (χ4n) is 1.78. The molecule has 1 aliphatic heterocycles. The first-order chi connectivity index (χ1) is 7.09. The first-order valence-corrected chi connectivity index (χ1v) is 5.67. The number of aliphatic hydroxyl groups is 1. The normalized spacial score (nSPS) is 21.6. The molecule has 0 saturated carbocycles. The van der Waals surface area contributed by atoms with Gasteiger partial charge in [0.1, 0.15) is 0 Å². The topological polar surface area (TPSA) is 41.9 Å². The predicted octanol–water partition coefficient (Wildman–Crippen LogP) is 0.495. The van der Waals surface area contributed by atoms with Gasteiger partial charge in [0.2, 0.25) is 0 Å². The highest BCUT2D eigenvalue weighted by Crippen LogP contribution is 2.20. The lowest BCUT2D eigenvalue weighted by atomic mass is 9.95. The van der Waals surface area contributed by atoms with Crippen molar-refractivity contribution in [2.45, 2.75) is 32.4 Å². The van der Waals surface area contributed by atoms with Crippen molar-refractivity contribution in [2.24, 2.45) is 0 Å². The summed E-state index contributed by atoms with van der Waals surface area (Å²) < 4.78 is 10.6. The molecule has 0 spiro atoms. The van der Waals surface area contributed by atoms with Crippen molar-refractivity contribution in [3.05, 3.63) is 0 Å². The van der Waals surface area contributed by atoms with E-state index in [2.05, 4.69) is 18.7 Å². The Balaban J connectivity index is 2.46. The molecule has 1 fully saturated rings. The van der Waals surface area contributed by atoms with Gasteiger partial charge in [0.05, 0.1) is 25.9 Å². The molecule has 0 amide bonds. The van der Waals surface area contributed by atoms with E-state index in [1.54, 1.807) is 0 Å². The molecule has 0 aromatic heterocycles. The first kappa shape index (κ1) is 12.9. The van der Waals surface area contributed by atoms with Gasteiger partial charge in [-0.2, -0.15) is 0 Å². The number of aliphatic hydroxyl groups excluding tert-OH is 1. The van der Waals surface area contributed by atoms with Crippen LogP contribution in [0.1, 0.15) is 20.8 Å². The van der Waals surface area contributed by atoms with Crippen LogP contribution in [0.3, 0.4) is 0 Å². The fraction of sp³-hybridized carbons (Fsp3) is 1.00. The molecule has 1 aliphatic rings. The number of hydrogen-bond donors (Lipinski definition) is 1. The molecule has 1 unspecified atom stereocenters. The smallest absolute Gasteiger partial charge is 0.0951 e. The Morgan fingerprint density at radius 3 is 2.53 bits per heavy atom. The van der Waals surface area contributed by atoms with Crippen molar-refractivity contribution in [3.8, 4) is 0 Å². The predicted molar refractivity (Wildman–Crippen MR) is 59.0 cm³/mol. The molecule has 1 N–H and O–H groups in total. The lowest BCUT2D eigenvalue weighted by Crippen LogP contribution is -2.57. The molecule has 90 valence electrons. The first-order valence-electron chi connectivity index (χ1n) is 5.67. The summed E-state index contributed by atoms with van der Waals surface area (Å²) in [6, 6.07) is 0. The molecule has 1 atom stereocenters. The Hall–Kier alpha value is -0.160. The second-order valence-corrected chi connectivity index (χ2v) is 4.43. The van der Waals surface area contributed by atoms with Crippen molar-refractivity contribution < 1.29 is 14.6 Å². The van der Waals surface area contributed by atoms with Gasteiger partial charge in [0.25, 0.3) is 0 Å². The van der Waals surface area contributed by atoms with E-state index in [1.165, 1.54) is 0 Å². The third-order valence-electron chi connectivity index (χ3n) is 3.12. The highest BCUT2D eigenvalue weighted by molar-refractivity contribution is 4.89. The molecule has 0 aromatic rings. The molecule has 1 saturated heterocycles. The minimum absolute atomic E-state index is 0.237. The van der Waals surface area contributed by atoms with E-state index in [-0.39, 0.29) is 5.54 Å². The van der Waals surface area contributed by atoms with Gasteiger partial charge in [0.15, 0.2) is 0 Å². The van der Waals surface area contributed by atoms with Crippen molar-refractivity contribution in [1.29, 1.82) is 0 Å². The summed E-state index contributed by atoms with van der Waals surface area (Å²) in [7, 11) is 0. The van der Waals surface area contributed by atoms with E-state index >= 15 is 0 Å². The monoisotopic (exact) mass is 217 g/mol. The van der Waals surface area contributed by atoms with Gasteiger partial charge in [-0.25, -0.2) is 0 Å². The molecule has 4 nitrogen and oxygen atoms in total. The summed E-state index contributed by atoms with van der Waals surface area (Å²) in [5.41, 5.74) is -0.237. The van der Waals surface area contributed by atoms with E-state index in [1.807, 2.05) is 6.92 Å². The second-order valence-electron chi connectivity index (χ2n) is 4.43. The summed E-state index contributed by atoms with van der Waals surface area (Å²) in [6.07, 6.45) is -0.449. The maximum Gasteiger partial charge on any atom is 0.0951 e. The number of rotatable bonds is 5. The maximum absolute atomic E-state index is 10.1. The van der Waals surface area contributed by atoms with Crippen LogP contribution in [0.5, 0.6) is 0 Å². The SMILES string of the molecule is CCOCC(O)C(C)(C)N1CCOCC1. The molecular formula is C11H23NO3. The summed E-state index contributed by atoms with van der Waals surface area (Å²) in [4.78, 5) is 2.26. The fourth-order valence-corrected chi connectivity index (χ4v) is 1.78. The van der Waals surface area contributed by atoms with E-state index in [0.717, 1.165) is 26.3 Å². The van der Waals surface area contributed by atoms with Crippen LogP contribution in [0.25, 0.3) is 0 Å². The number of hydrogen-bond acceptors (Lipinski definition) is 4. The Bertz CT molecular complexity index is 179. The molecule has 15 heavy (non-hydrogen) atoms. The van der Waals surface area contributed by atoms with Crippen LogP contribution in [-0.2, 0) is 9.47 Å². The van der Waals surface area contributed by atoms with Gasteiger partial charge in [-0.3, -0.25) is 4.90 Å². The van der Waals surface area contributed by atoms with Gasteiger partial charge < -0.3 is 14.6 Å². The third kappa shape index (κ3) is 3.41. The molecular weight excluding hydrogens is 194 g/mol. The molecule has 0 aliphatic carbocycles. The van der Waals surface area contributed by atoms with Crippen molar-refractivity contribution >= 4 is 0 Å². The zero-order valence-corrected chi connectivity index (χ0v) is 10.0. The lowest BCUT2D eigenvalue weighted by Gasteiger charge is -2.43. The standard InChI is InChI=1S/C11H23NO3/c1-4-14-9-10(13)11(2,3)12-5-7-15-8-6-12/h10,13H,4-9H2,1-3H3. The molecule has 1 heterocycles. The molecule has 0 aromatic carbocycles. The minimum Gasteiger partial charge on any atom is -0.389 e. The number of nitrogens with zero attached hydrogens (tertiary/aromatic N) is 1. The average Bonchev–Trinajstić information content (AvgIpc) is 2.27. The van der Waals surface area contributed by atoms with Crippen molar-refractivity contribution in [3.63, 3.8) is 0 Å². The van der Waals surface area contributed by atoms with Crippen molar-refractivity contribution in [2.75, 3.05) is 39.5 Å². The highest BCUT2D eigenvalue weighted by atomic mass is 16.5. The Labute approximate surface area is 92.2 Å². The zero-order valence-electron chi connectivity index (χ0n) is 10.0. The summed E-state index contributed by atoms with van der Waals surface area (Å²) in [6.45, 7) is 10.4. The highest BCUT2D eigenvalue weighted by Gasteiger charge is 2.35. The van der Waals surface area contributed by atoms with Crippen LogP contribution in [0, 0.1) is 0 Å². The minimum atomic E-state index is -0.449. The van der Waals surface area contributed by atoms with Crippen LogP contribution in [0.2, 0.25) is 0 Å². The number of morpholine rings is 1. The van der Waals surface area contributed by atoms with Crippen molar-refractivity contribution in [1.82, 2.24) is 4.90 Å². The Morgan fingerprint density at radius 1 is 1.40 bits per heavy atom. The van der Waals surface area contributed by atoms with E-state index in [0.29, 0.717) is 13.2 Å². The molecule has 1 rings (SSSR count). The van der Waals surface area contributed by atoms with E-state index < -0.39 is 6.10 Å². The van der Waals surface area contributed by atoms with Gasteiger partial charge in [-0.15, -0.1) is 0 Å². The van der Waals surface area contributed by atoms with E-state index in [9.17, 15) is 5.11 Å². The van der Waals surface area contributed by atoms with Crippen LogP contribution < -0.4 is 0 Å². The average molecular weight is 217 g/mol. The molecule has 0 radical (unpaired) electrons. The second kappa shape index (κ2) is 5.80. The number of ether oxygens (including phenoxy) is 2. The molecule has 4 heteroatoms. The lowest BCUT2D eigenvalue weighted by molar-refractivity contribution is -0.0855. The third-order valence-corrected chi connectivity index (χ3v) is 3.12. The van der Waals surface area contributed by atoms with Gasteiger partial charge in [-0.1, -0.05) is 0 Å². The van der Waals surface area contributed by atoms with Gasteiger partial charge in [0, 0.05) is 25.2 Å². The zero-order chi connectivity index (χ0) is 11.3. The summed E-state index contributed by atoms with van der Waals surface area (Å²) >= 11 is 0. The van der Waals surface area contributed by atoms with E-state index in [4.69, 9.17) is 9.47 Å². The Morgan fingerprint density at radius 2 is 2.00 bits per heavy atom. The summed E-state index contributed by atoms with van der Waals surface area (Å²) in [5.74, 6) is 0. The van der Waals surface area contributed by atoms with Crippen LogP contribution in [-0.4, -0.2) is 61.2 Å². The van der Waals surface area contributed by atoms with Gasteiger partial charge >= 0.3 is 0 Å². The van der Waals surface area contributed by atoms with Crippen LogP contribution in [0.4, 0.5) is 0 Å². The Kier molecular flexibility index (Phi) is 4.99. The van der Waals surface area contributed by atoms with Crippen LogP contribution >= 0.6 is 0 Å². The maximum atomic E-state index is 10.1. The largest absolute Gasteiger partial charge is 0.389 e. The summed E-state index contributed by atoms with van der Waals surface area (Å²) in [5, 5.41) is 10.1. The quantitative estimate of drug-likeness (QED) is 0.728. The molecule has 0 bridgehead atoms.